The highest BCUT2D eigenvalue weighted by Crippen LogP contribution is 2.38. The van der Waals surface area contributed by atoms with E-state index in [9.17, 15) is 9.59 Å². The van der Waals surface area contributed by atoms with E-state index < -0.39 is 22.9 Å². The predicted octanol–water partition coefficient (Wildman–Crippen LogP) is 3.44. The van der Waals surface area contributed by atoms with E-state index in [1.807, 2.05) is 27.7 Å². The molecule has 0 spiro atoms. The summed E-state index contributed by atoms with van der Waals surface area (Å²) < 4.78 is 0. The summed E-state index contributed by atoms with van der Waals surface area (Å²) in [5.41, 5.74) is 5.47. The number of carbonyl (C=O) groups excluding carboxylic acids is 2. The Balaban J connectivity index is 2.24. The van der Waals surface area contributed by atoms with Crippen LogP contribution in [0.1, 0.15) is 40.5 Å². The van der Waals surface area contributed by atoms with Crippen LogP contribution in [-0.4, -0.2) is 33.8 Å². The molecule has 0 saturated carbocycles. The summed E-state index contributed by atoms with van der Waals surface area (Å²) in [6.45, 7) is 7.70. The standard InChI is InChI=1S/C17H23Cl2N3O2/c1-16(2)8-12(20)9-17(3,4)22(16)15(24)14(23)21-13-6-10(18)5-11(19)7-13/h5-7,12H,8-9,20H2,1-4H3,(H,21,23). The Kier molecular flexibility index (Phi) is 5.19. The van der Waals surface area contributed by atoms with Gasteiger partial charge in [-0.25, -0.2) is 0 Å². The summed E-state index contributed by atoms with van der Waals surface area (Å²) in [4.78, 5) is 26.9. The maximum absolute atomic E-state index is 12.8. The largest absolute Gasteiger partial charge is 0.328 e. The molecule has 24 heavy (non-hydrogen) atoms. The Morgan fingerprint density at radius 3 is 2.00 bits per heavy atom. The number of amides is 2. The Morgan fingerprint density at radius 2 is 1.54 bits per heavy atom. The number of piperidine rings is 1. The van der Waals surface area contributed by atoms with Crippen LogP contribution >= 0.6 is 23.2 Å². The predicted molar refractivity (Wildman–Crippen MR) is 97.3 cm³/mol. The molecule has 0 unspecified atom stereocenters. The first-order valence-corrected chi connectivity index (χ1v) is 8.55. The van der Waals surface area contributed by atoms with Crippen molar-refractivity contribution in [1.82, 2.24) is 4.90 Å². The molecule has 1 fully saturated rings. The normalized spacial score (nSPS) is 19.9. The zero-order valence-electron chi connectivity index (χ0n) is 14.3. The fraction of sp³-hybridized carbons (Fsp3) is 0.529. The van der Waals surface area contributed by atoms with Crippen LogP contribution in [0.4, 0.5) is 5.69 Å². The molecule has 1 heterocycles. The van der Waals surface area contributed by atoms with E-state index in [-0.39, 0.29) is 6.04 Å². The number of nitrogens with two attached hydrogens (primary N) is 1. The molecule has 7 heteroatoms. The molecule has 3 N–H and O–H groups in total. The summed E-state index contributed by atoms with van der Waals surface area (Å²) in [5, 5.41) is 3.35. The molecular formula is C17H23Cl2N3O2. The van der Waals surface area contributed by atoms with Gasteiger partial charge in [-0.2, -0.15) is 0 Å². The lowest BCUT2D eigenvalue weighted by Gasteiger charge is -2.54. The van der Waals surface area contributed by atoms with Crippen LogP contribution in [0.3, 0.4) is 0 Å². The Morgan fingerprint density at radius 1 is 1.08 bits per heavy atom. The van der Waals surface area contributed by atoms with E-state index in [0.29, 0.717) is 28.6 Å². The average Bonchev–Trinajstić information content (AvgIpc) is 2.33. The van der Waals surface area contributed by atoms with Crippen molar-refractivity contribution in [3.8, 4) is 0 Å². The molecule has 2 amide bonds. The minimum absolute atomic E-state index is 0.00570. The summed E-state index contributed by atoms with van der Waals surface area (Å²) in [6, 6.07) is 4.63. The lowest BCUT2D eigenvalue weighted by molar-refractivity contribution is -0.156. The lowest BCUT2D eigenvalue weighted by atomic mass is 9.77. The molecule has 0 radical (unpaired) electrons. The second-order valence-electron chi connectivity index (χ2n) is 7.55. The highest BCUT2D eigenvalue weighted by Gasteiger charge is 2.48. The van der Waals surface area contributed by atoms with Crippen molar-refractivity contribution in [2.75, 3.05) is 5.32 Å². The molecule has 0 aliphatic carbocycles. The SMILES string of the molecule is CC1(C)CC(N)CC(C)(C)N1C(=O)C(=O)Nc1cc(Cl)cc(Cl)c1. The van der Waals surface area contributed by atoms with Crippen molar-refractivity contribution >= 4 is 40.7 Å². The van der Waals surface area contributed by atoms with Gasteiger partial charge in [-0.3, -0.25) is 9.59 Å². The number of carbonyl (C=O) groups is 2. The van der Waals surface area contributed by atoms with Gasteiger partial charge in [-0.05, 0) is 58.7 Å². The third kappa shape index (κ3) is 4.02. The van der Waals surface area contributed by atoms with Crippen molar-refractivity contribution in [2.24, 2.45) is 5.73 Å². The molecule has 5 nitrogen and oxygen atoms in total. The molecule has 1 aromatic carbocycles. The van der Waals surface area contributed by atoms with Gasteiger partial charge in [0.2, 0.25) is 0 Å². The van der Waals surface area contributed by atoms with E-state index in [1.54, 1.807) is 23.1 Å². The van der Waals surface area contributed by atoms with Crippen molar-refractivity contribution in [2.45, 2.75) is 57.7 Å². The second kappa shape index (κ2) is 6.54. The van der Waals surface area contributed by atoms with Gasteiger partial charge in [0.25, 0.3) is 0 Å². The number of nitrogens with one attached hydrogen (secondary N) is 1. The number of nitrogens with zero attached hydrogens (tertiary/aromatic N) is 1. The van der Waals surface area contributed by atoms with Crippen LogP contribution in [0.25, 0.3) is 0 Å². The van der Waals surface area contributed by atoms with E-state index >= 15 is 0 Å². The van der Waals surface area contributed by atoms with Gasteiger partial charge in [0.05, 0.1) is 0 Å². The van der Waals surface area contributed by atoms with Gasteiger partial charge in [-0.1, -0.05) is 23.2 Å². The highest BCUT2D eigenvalue weighted by atomic mass is 35.5. The quantitative estimate of drug-likeness (QED) is 0.742. The van der Waals surface area contributed by atoms with Gasteiger partial charge in [0.15, 0.2) is 0 Å². The number of hydrogen-bond acceptors (Lipinski definition) is 3. The summed E-state index contributed by atoms with van der Waals surface area (Å²) >= 11 is 11.8. The highest BCUT2D eigenvalue weighted by molar-refractivity contribution is 6.40. The van der Waals surface area contributed by atoms with Gasteiger partial charge in [0.1, 0.15) is 0 Å². The molecule has 0 bridgehead atoms. The van der Waals surface area contributed by atoms with Crippen LogP contribution in [0.15, 0.2) is 18.2 Å². The van der Waals surface area contributed by atoms with Crippen LogP contribution in [0.2, 0.25) is 10.0 Å². The smallest absolute Gasteiger partial charge is 0.313 e. The molecular weight excluding hydrogens is 349 g/mol. The third-order valence-corrected chi connectivity index (χ3v) is 4.69. The topological polar surface area (TPSA) is 75.4 Å². The monoisotopic (exact) mass is 371 g/mol. The molecule has 132 valence electrons. The zero-order valence-corrected chi connectivity index (χ0v) is 15.8. The van der Waals surface area contributed by atoms with E-state index in [1.165, 1.54) is 0 Å². The number of halogens is 2. The zero-order chi connectivity index (χ0) is 18.3. The van der Waals surface area contributed by atoms with Crippen LogP contribution in [0, 0.1) is 0 Å². The fourth-order valence-corrected chi connectivity index (χ4v) is 4.35. The maximum Gasteiger partial charge on any atom is 0.313 e. The number of benzene rings is 1. The molecule has 1 saturated heterocycles. The summed E-state index contributed by atoms with van der Waals surface area (Å²) in [7, 11) is 0. The number of rotatable bonds is 1. The number of likely N-dealkylation sites (tertiary alicyclic amines) is 1. The van der Waals surface area contributed by atoms with E-state index in [2.05, 4.69) is 5.32 Å². The van der Waals surface area contributed by atoms with Crippen molar-refractivity contribution < 1.29 is 9.59 Å². The molecule has 1 aromatic rings. The average molecular weight is 372 g/mol. The minimum atomic E-state index is -0.718. The third-order valence-electron chi connectivity index (χ3n) is 4.25. The fourth-order valence-electron chi connectivity index (χ4n) is 3.82. The molecule has 1 aliphatic rings. The van der Waals surface area contributed by atoms with Gasteiger partial charge in [-0.15, -0.1) is 0 Å². The maximum atomic E-state index is 12.8. The van der Waals surface area contributed by atoms with Crippen molar-refractivity contribution in [3.63, 3.8) is 0 Å². The molecule has 0 atom stereocenters. The Bertz CT molecular complexity index is 636. The van der Waals surface area contributed by atoms with E-state index in [0.717, 1.165) is 0 Å². The van der Waals surface area contributed by atoms with Crippen molar-refractivity contribution in [1.29, 1.82) is 0 Å². The molecule has 1 aliphatic heterocycles. The van der Waals surface area contributed by atoms with Gasteiger partial charge < -0.3 is 16.0 Å². The van der Waals surface area contributed by atoms with Crippen LogP contribution in [-0.2, 0) is 9.59 Å². The minimum Gasteiger partial charge on any atom is -0.328 e. The second-order valence-corrected chi connectivity index (χ2v) is 8.42. The summed E-state index contributed by atoms with van der Waals surface area (Å²) in [6.07, 6.45) is 1.27. The first-order chi connectivity index (χ1) is 10.9. The Labute approximate surface area is 152 Å². The number of anilines is 1. The molecule has 2 rings (SSSR count). The molecule has 0 aromatic heterocycles. The lowest BCUT2D eigenvalue weighted by Crippen LogP contribution is -2.66. The van der Waals surface area contributed by atoms with Crippen LogP contribution in [0.5, 0.6) is 0 Å². The van der Waals surface area contributed by atoms with Crippen LogP contribution < -0.4 is 11.1 Å². The Hall–Kier alpha value is -1.30. The van der Waals surface area contributed by atoms with Crippen molar-refractivity contribution in [3.05, 3.63) is 28.2 Å². The first kappa shape index (κ1) is 19.0. The number of hydrogen-bond donors (Lipinski definition) is 2. The van der Waals surface area contributed by atoms with Gasteiger partial charge in [0, 0.05) is 32.9 Å². The van der Waals surface area contributed by atoms with Gasteiger partial charge >= 0.3 is 11.8 Å². The van der Waals surface area contributed by atoms with E-state index in [4.69, 9.17) is 28.9 Å². The summed E-state index contributed by atoms with van der Waals surface area (Å²) in [5.74, 6) is -1.31. The first-order valence-electron chi connectivity index (χ1n) is 7.80.